The lowest BCUT2D eigenvalue weighted by Gasteiger charge is -2.36. The van der Waals surface area contributed by atoms with Gasteiger partial charge in [-0.2, -0.15) is 5.10 Å². The molecule has 0 aliphatic carbocycles. The lowest BCUT2D eigenvalue weighted by Crippen LogP contribution is -2.39. The molecule has 0 saturated carbocycles. The van der Waals surface area contributed by atoms with Gasteiger partial charge in [-0.05, 0) is 76.0 Å². The molecule has 1 unspecified atom stereocenters. The van der Waals surface area contributed by atoms with Gasteiger partial charge in [0.15, 0.2) is 0 Å². The first kappa shape index (κ1) is 23.4. The molecular weight excluding hydrogens is 472 g/mol. The zero-order chi connectivity index (χ0) is 23.5. The van der Waals surface area contributed by atoms with Crippen molar-refractivity contribution in [3.63, 3.8) is 0 Å². The summed E-state index contributed by atoms with van der Waals surface area (Å²) in [4.78, 5) is 1.90. The molecule has 9 heteroatoms. The first-order valence-corrected chi connectivity index (χ1v) is 13.3. The highest BCUT2D eigenvalue weighted by Gasteiger charge is 2.48. The van der Waals surface area contributed by atoms with Crippen LogP contribution in [0.4, 0.5) is 13.9 Å². The van der Waals surface area contributed by atoms with Gasteiger partial charge < -0.3 is 4.90 Å². The number of rotatable bonds is 7. The summed E-state index contributed by atoms with van der Waals surface area (Å²) in [6.45, 7) is 5.19. The van der Waals surface area contributed by atoms with Gasteiger partial charge in [0, 0.05) is 5.56 Å². The van der Waals surface area contributed by atoms with Crippen LogP contribution in [0.2, 0.25) is 0 Å². The summed E-state index contributed by atoms with van der Waals surface area (Å²) in [5.41, 5.74) is 1.23. The quantitative estimate of drug-likeness (QED) is 0.390. The van der Waals surface area contributed by atoms with Gasteiger partial charge in [0.1, 0.15) is 26.6 Å². The van der Waals surface area contributed by atoms with Crippen molar-refractivity contribution in [2.75, 3.05) is 24.6 Å². The largest absolute Gasteiger partial charge is 0.303 e. The van der Waals surface area contributed by atoms with Crippen molar-refractivity contribution in [2.24, 2.45) is 5.10 Å². The van der Waals surface area contributed by atoms with E-state index in [4.69, 9.17) is 5.10 Å². The number of hydrogen-bond donors (Lipinski definition) is 0. The second-order valence-corrected chi connectivity index (χ2v) is 11.1. The van der Waals surface area contributed by atoms with Gasteiger partial charge in [-0.15, -0.1) is 10.2 Å². The van der Waals surface area contributed by atoms with Gasteiger partial charge in [0.2, 0.25) is 5.13 Å². The third kappa shape index (κ3) is 4.74. The van der Waals surface area contributed by atoms with E-state index < -0.39 is 16.5 Å². The molecule has 1 saturated heterocycles. The van der Waals surface area contributed by atoms with Crippen molar-refractivity contribution in [3.8, 4) is 0 Å². The molecule has 0 radical (unpaired) electrons. The van der Waals surface area contributed by atoms with Crippen LogP contribution < -0.4 is 5.01 Å². The zero-order valence-corrected chi connectivity index (χ0v) is 20.7. The number of thioether (sulfide) groups is 1. The van der Waals surface area contributed by atoms with E-state index in [0.717, 1.165) is 55.2 Å². The minimum absolute atomic E-state index is 0.171. The highest BCUT2D eigenvalue weighted by atomic mass is 32.2. The summed E-state index contributed by atoms with van der Waals surface area (Å²) < 4.78 is 28.9. The molecule has 1 aromatic heterocycles. The Kier molecular flexibility index (Phi) is 6.94. The maximum Gasteiger partial charge on any atom is 0.230 e. The van der Waals surface area contributed by atoms with E-state index in [1.165, 1.54) is 48.4 Å². The fraction of sp³-hybridized carbons (Fsp3) is 0.400. The Morgan fingerprint density at radius 2 is 1.79 bits per heavy atom. The Hall–Kier alpha value is -2.36. The summed E-state index contributed by atoms with van der Waals surface area (Å²) in [7, 11) is 0. The molecule has 3 aromatic rings. The molecule has 1 fully saturated rings. The van der Waals surface area contributed by atoms with Gasteiger partial charge in [0.25, 0.3) is 0 Å². The molecular formula is C25H27F2N5S2. The molecule has 0 bridgehead atoms. The number of anilines is 1. The Bertz CT molecular complexity index is 1160. The lowest BCUT2D eigenvalue weighted by molar-refractivity contribution is 0.221. The van der Waals surface area contributed by atoms with Gasteiger partial charge >= 0.3 is 0 Å². The van der Waals surface area contributed by atoms with E-state index in [1.807, 2.05) is 30.1 Å². The summed E-state index contributed by atoms with van der Waals surface area (Å²) in [6, 6.07) is 13.7. The minimum Gasteiger partial charge on any atom is -0.303 e. The molecule has 0 spiro atoms. The molecule has 5 nitrogen and oxygen atoms in total. The van der Waals surface area contributed by atoms with E-state index in [2.05, 4.69) is 27.2 Å². The molecule has 5 rings (SSSR count). The van der Waals surface area contributed by atoms with E-state index in [1.54, 1.807) is 0 Å². The van der Waals surface area contributed by atoms with Crippen molar-refractivity contribution in [1.82, 2.24) is 15.1 Å². The molecule has 3 heterocycles. The molecule has 2 aliphatic rings. The van der Waals surface area contributed by atoms with Crippen molar-refractivity contribution in [3.05, 3.63) is 76.3 Å². The molecule has 2 aliphatic heterocycles. The Labute approximate surface area is 206 Å². The maximum atomic E-state index is 14.8. The highest BCUT2D eigenvalue weighted by Crippen LogP contribution is 2.52. The SMILES string of the molecule is Cc1nnc(N2N=C(c3cc(F)ccc3F)SC2(CCCN2CCCCC2)c2ccccc2)s1. The number of hydrogen-bond acceptors (Lipinski definition) is 7. The van der Waals surface area contributed by atoms with Crippen molar-refractivity contribution in [2.45, 2.75) is 43.9 Å². The topological polar surface area (TPSA) is 44.6 Å². The Morgan fingerprint density at radius 3 is 2.53 bits per heavy atom. The van der Waals surface area contributed by atoms with Crippen LogP contribution in [0, 0.1) is 18.6 Å². The second-order valence-electron chi connectivity index (χ2n) is 8.70. The van der Waals surface area contributed by atoms with Crippen LogP contribution in [-0.2, 0) is 4.87 Å². The molecule has 1 atom stereocenters. The average molecular weight is 500 g/mol. The molecule has 34 heavy (non-hydrogen) atoms. The van der Waals surface area contributed by atoms with Crippen molar-refractivity contribution < 1.29 is 8.78 Å². The summed E-state index contributed by atoms with van der Waals surface area (Å²) >= 11 is 2.93. The summed E-state index contributed by atoms with van der Waals surface area (Å²) in [5, 5.41) is 17.2. The fourth-order valence-electron chi connectivity index (χ4n) is 4.64. The van der Waals surface area contributed by atoms with Gasteiger partial charge in [0.05, 0.1) is 0 Å². The molecule has 2 aromatic carbocycles. The predicted molar refractivity (Wildman–Crippen MR) is 135 cm³/mol. The standard InChI is InChI=1S/C25H27F2N5S2/c1-18-28-29-24(33-18)32-25(19-9-4-2-5-10-19,13-8-16-31-14-6-3-7-15-31)34-23(30-32)21-17-20(26)11-12-22(21)27/h2,4-5,9-12,17H,3,6-8,13-16H2,1H3. The number of aromatic nitrogens is 2. The Balaban J connectivity index is 1.54. The Morgan fingerprint density at radius 1 is 1.00 bits per heavy atom. The number of hydrazone groups is 1. The van der Waals surface area contributed by atoms with Crippen LogP contribution in [-0.4, -0.2) is 39.8 Å². The minimum atomic E-state index is -0.628. The third-order valence-corrected chi connectivity index (χ3v) is 8.58. The fourth-order valence-corrected chi connectivity index (χ4v) is 6.83. The number of benzene rings is 2. The second kappa shape index (κ2) is 10.1. The molecule has 178 valence electrons. The maximum absolute atomic E-state index is 14.8. The molecule has 0 amide bonds. The number of aryl methyl sites for hydroxylation is 1. The van der Waals surface area contributed by atoms with E-state index in [-0.39, 0.29) is 5.56 Å². The van der Waals surface area contributed by atoms with Gasteiger partial charge in [-0.3, -0.25) is 0 Å². The van der Waals surface area contributed by atoms with E-state index >= 15 is 0 Å². The third-order valence-electron chi connectivity index (χ3n) is 6.32. The lowest BCUT2D eigenvalue weighted by atomic mass is 10.00. The van der Waals surface area contributed by atoms with Crippen LogP contribution in [0.3, 0.4) is 0 Å². The van der Waals surface area contributed by atoms with Crippen molar-refractivity contribution >= 4 is 33.3 Å². The summed E-state index contributed by atoms with van der Waals surface area (Å²) in [6.07, 6.45) is 5.54. The first-order valence-electron chi connectivity index (χ1n) is 11.7. The van der Waals surface area contributed by atoms with Crippen LogP contribution in [0.1, 0.15) is 48.2 Å². The number of likely N-dealkylation sites (tertiary alicyclic amines) is 1. The average Bonchev–Trinajstić information content (AvgIpc) is 3.46. The zero-order valence-electron chi connectivity index (χ0n) is 19.1. The normalized spacial score (nSPS) is 21.1. The van der Waals surface area contributed by atoms with Crippen LogP contribution in [0.5, 0.6) is 0 Å². The number of piperidine rings is 1. The summed E-state index contributed by atoms with van der Waals surface area (Å²) in [5.74, 6) is -0.974. The van der Waals surface area contributed by atoms with E-state index in [0.29, 0.717) is 10.2 Å². The van der Waals surface area contributed by atoms with E-state index in [9.17, 15) is 8.78 Å². The van der Waals surface area contributed by atoms with Gasteiger partial charge in [-0.25, -0.2) is 13.8 Å². The number of halogens is 2. The monoisotopic (exact) mass is 499 g/mol. The predicted octanol–water partition coefficient (Wildman–Crippen LogP) is 6.16. The van der Waals surface area contributed by atoms with Crippen LogP contribution in [0.25, 0.3) is 0 Å². The van der Waals surface area contributed by atoms with Crippen LogP contribution in [0.15, 0.2) is 53.6 Å². The smallest absolute Gasteiger partial charge is 0.230 e. The van der Waals surface area contributed by atoms with Gasteiger partial charge in [-0.1, -0.05) is 59.9 Å². The van der Waals surface area contributed by atoms with Crippen molar-refractivity contribution in [1.29, 1.82) is 0 Å². The number of nitrogens with zero attached hydrogens (tertiary/aromatic N) is 5. The molecule has 0 N–H and O–H groups in total. The van der Waals surface area contributed by atoms with Crippen LogP contribution >= 0.6 is 23.1 Å². The highest BCUT2D eigenvalue weighted by molar-refractivity contribution is 8.15. The first-order chi connectivity index (χ1) is 16.5.